The van der Waals surface area contributed by atoms with Gasteiger partial charge in [-0.15, -0.1) is 0 Å². The Kier molecular flexibility index (Phi) is 4.91. The highest BCUT2D eigenvalue weighted by Crippen LogP contribution is 2.32. The number of amides is 1. The number of carboxylic acid groups (broad SMARTS) is 1. The summed E-state index contributed by atoms with van der Waals surface area (Å²) in [6, 6.07) is 9.45. The molecule has 0 bridgehead atoms. The molecule has 2 heterocycles. The van der Waals surface area contributed by atoms with Gasteiger partial charge in [0, 0.05) is 18.1 Å². The highest BCUT2D eigenvalue weighted by Gasteiger charge is 2.33. The summed E-state index contributed by atoms with van der Waals surface area (Å²) in [5.41, 5.74) is 1.78. The van der Waals surface area contributed by atoms with Crippen LogP contribution in [0.3, 0.4) is 0 Å². The lowest BCUT2D eigenvalue weighted by Crippen LogP contribution is -2.33. The van der Waals surface area contributed by atoms with E-state index in [0.717, 1.165) is 33.7 Å². The highest BCUT2D eigenvalue weighted by atomic mass is 32.2. The van der Waals surface area contributed by atoms with E-state index in [1.807, 2.05) is 47.3 Å². The van der Waals surface area contributed by atoms with Gasteiger partial charge in [-0.1, -0.05) is 24.0 Å². The molecule has 0 aliphatic carbocycles. The van der Waals surface area contributed by atoms with E-state index < -0.39 is 12.5 Å². The van der Waals surface area contributed by atoms with Crippen LogP contribution in [0.5, 0.6) is 5.75 Å². The third-order valence-electron chi connectivity index (χ3n) is 3.55. The number of rotatable bonds is 5. The number of carboxylic acids is 1. The molecule has 1 aromatic carbocycles. The van der Waals surface area contributed by atoms with E-state index in [0.29, 0.717) is 4.91 Å². The zero-order chi connectivity index (χ0) is 18.0. The number of hydrogen-bond donors (Lipinski definition) is 1. The lowest BCUT2D eigenvalue weighted by molar-refractivity contribution is -0.140. The highest BCUT2D eigenvalue weighted by molar-refractivity contribution is 8.26. The Morgan fingerprint density at radius 3 is 2.68 bits per heavy atom. The summed E-state index contributed by atoms with van der Waals surface area (Å²) in [7, 11) is 1.61. The molecule has 1 N–H and O–H groups in total. The Morgan fingerprint density at radius 1 is 1.32 bits per heavy atom. The van der Waals surface area contributed by atoms with Gasteiger partial charge < -0.3 is 14.4 Å². The lowest BCUT2D eigenvalue weighted by Gasteiger charge is -2.10. The van der Waals surface area contributed by atoms with Gasteiger partial charge in [-0.05, 0) is 42.0 Å². The maximum absolute atomic E-state index is 12.3. The maximum atomic E-state index is 12.3. The molecule has 0 atom stereocenters. The molecule has 0 unspecified atom stereocenters. The predicted molar refractivity (Wildman–Crippen MR) is 99.8 cm³/mol. The molecular weight excluding hydrogens is 360 g/mol. The number of thioether (sulfide) groups is 1. The molecule has 0 saturated carbocycles. The van der Waals surface area contributed by atoms with Crippen LogP contribution in [0.4, 0.5) is 0 Å². The van der Waals surface area contributed by atoms with Crippen molar-refractivity contribution in [1.82, 2.24) is 9.47 Å². The van der Waals surface area contributed by atoms with E-state index in [4.69, 9.17) is 22.1 Å². The summed E-state index contributed by atoms with van der Waals surface area (Å²) in [5, 5.41) is 8.86. The maximum Gasteiger partial charge on any atom is 0.323 e. The third kappa shape index (κ3) is 3.75. The number of hydrogen-bond acceptors (Lipinski definition) is 5. The monoisotopic (exact) mass is 374 g/mol. The van der Waals surface area contributed by atoms with Gasteiger partial charge >= 0.3 is 5.97 Å². The van der Waals surface area contributed by atoms with Crippen molar-refractivity contribution in [3.05, 3.63) is 53.2 Å². The topological polar surface area (TPSA) is 71.8 Å². The Morgan fingerprint density at radius 2 is 2.04 bits per heavy atom. The lowest BCUT2D eigenvalue weighted by atomic mass is 10.3. The average molecular weight is 374 g/mol. The van der Waals surface area contributed by atoms with Gasteiger partial charge in [0.25, 0.3) is 5.91 Å². The van der Waals surface area contributed by atoms with E-state index in [1.165, 1.54) is 0 Å². The van der Waals surface area contributed by atoms with Crippen LogP contribution >= 0.6 is 24.0 Å². The van der Waals surface area contributed by atoms with E-state index in [-0.39, 0.29) is 10.2 Å². The van der Waals surface area contributed by atoms with Crippen LogP contribution in [0, 0.1) is 0 Å². The van der Waals surface area contributed by atoms with Gasteiger partial charge in [-0.25, -0.2) is 0 Å². The number of benzene rings is 1. The SMILES string of the molecule is COc1ccc(-n2ccc(/C=C3\SC(=S)N(CC(=O)O)C3=O)c2)cc1. The van der Waals surface area contributed by atoms with E-state index in [2.05, 4.69) is 0 Å². The van der Waals surface area contributed by atoms with Crippen LogP contribution < -0.4 is 4.74 Å². The molecule has 0 radical (unpaired) electrons. The molecule has 1 amide bonds. The van der Waals surface area contributed by atoms with Gasteiger partial charge in [0.15, 0.2) is 0 Å². The molecule has 1 aromatic heterocycles. The second-order valence-electron chi connectivity index (χ2n) is 5.21. The summed E-state index contributed by atoms with van der Waals surface area (Å²) in [4.78, 5) is 24.6. The molecule has 6 nitrogen and oxygen atoms in total. The number of ether oxygens (including phenoxy) is 1. The van der Waals surface area contributed by atoms with Crippen molar-refractivity contribution in [3.8, 4) is 11.4 Å². The molecule has 128 valence electrons. The number of aliphatic carboxylic acids is 1. The standard InChI is InChI=1S/C17H14N2O4S2/c1-23-13-4-2-12(3-5-13)18-7-6-11(9-18)8-14-16(22)19(10-15(20)21)17(24)25-14/h2-9H,10H2,1H3,(H,20,21)/b14-8-. The number of nitrogens with zero attached hydrogens (tertiary/aromatic N) is 2. The first-order valence-corrected chi connectivity index (χ1v) is 8.50. The van der Waals surface area contributed by atoms with Gasteiger partial charge in [0.1, 0.15) is 16.6 Å². The first kappa shape index (κ1) is 17.2. The third-order valence-corrected chi connectivity index (χ3v) is 4.93. The summed E-state index contributed by atoms with van der Waals surface area (Å²) >= 11 is 6.19. The van der Waals surface area contributed by atoms with Crippen LogP contribution in [0.15, 0.2) is 47.6 Å². The predicted octanol–water partition coefficient (Wildman–Crippen LogP) is 2.77. The molecule has 8 heteroatoms. The quantitative estimate of drug-likeness (QED) is 0.641. The van der Waals surface area contributed by atoms with Gasteiger partial charge in [-0.3, -0.25) is 14.5 Å². The van der Waals surface area contributed by atoms with E-state index in [1.54, 1.807) is 13.2 Å². The second-order valence-corrected chi connectivity index (χ2v) is 6.89. The van der Waals surface area contributed by atoms with Crippen LogP contribution in [-0.4, -0.2) is 44.4 Å². The first-order chi connectivity index (χ1) is 12.0. The molecule has 25 heavy (non-hydrogen) atoms. The normalized spacial score (nSPS) is 15.9. The minimum atomic E-state index is -1.09. The minimum Gasteiger partial charge on any atom is -0.497 e. The van der Waals surface area contributed by atoms with Crippen molar-refractivity contribution < 1.29 is 19.4 Å². The number of carbonyl (C=O) groups is 2. The minimum absolute atomic E-state index is 0.258. The van der Waals surface area contributed by atoms with Gasteiger partial charge in [-0.2, -0.15) is 0 Å². The van der Waals surface area contributed by atoms with E-state index in [9.17, 15) is 9.59 Å². The van der Waals surface area contributed by atoms with Crippen molar-refractivity contribution in [2.24, 2.45) is 0 Å². The van der Waals surface area contributed by atoms with Crippen molar-refractivity contribution in [2.75, 3.05) is 13.7 Å². The molecule has 1 aliphatic heterocycles. The average Bonchev–Trinajstić information content (AvgIpc) is 3.15. The largest absolute Gasteiger partial charge is 0.497 e. The van der Waals surface area contributed by atoms with Crippen molar-refractivity contribution >= 4 is 46.3 Å². The molecule has 1 fully saturated rings. The molecular formula is C17H14N2O4S2. The zero-order valence-electron chi connectivity index (χ0n) is 13.2. The smallest absolute Gasteiger partial charge is 0.323 e. The van der Waals surface area contributed by atoms with Crippen LogP contribution in [-0.2, 0) is 9.59 Å². The Balaban J connectivity index is 1.80. The molecule has 2 aromatic rings. The Bertz CT molecular complexity index is 871. The summed E-state index contributed by atoms with van der Waals surface area (Å²) in [6.45, 7) is -0.422. The fourth-order valence-corrected chi connectivity index (χ4v) is 3.59. The van der Waals surface area contributed by atoms with Crippen LogP contribution in [0.25, 0.3) is 11.8 Å². The second kappa shape index (κ2) is 7.12. The fraction of sp³-hybridized carbons (Fsp3) is 0.118. The van der Waals surface area contributed by atoms with Crippen molar-refractivity contribution in [2.45, 2.75) is 0 Å². The molecule has 3 rings (SSSR count). The van der Waals surface area contributed by atoms with E-state index >= 15 is 0 Å². The summed E-state index contributed by atoms with van der Waals surface area (Å²) in [5.74, 6) is -0.698. The number of thiocarbonyl (C=S) groups is 1. The number of carbonyl (C=O) groups excluding carboxylic acids is 1. The van der Waals surface area contributed by atoms with Gasteiger partial charge in [0.2, 0.25) is 0 Å². The molecule has 1 aliphatic rings. The van der Waals surface area contributed by atoms with Crippen molar-refractivity contribution in [1.29, 1.82) is 0 Å². The van der Waals surface area contributed by atoms with Crippen LogP contribution in [0.2, 0.25) is 0 Å². The first-order valence-electron chi connectivity index (χ1n) is 7.27. The number of methoxy groups -OCH3 is 1. The molecule has 1 saturated heterocycles. The van der Waals surface area contributed by atoms with Crippen LogP contribution in [0.1, 0.15) is 5.56 Å². The summed E-state index contributed by atoms with van der Waals surface area (Å²) < 4.78 is 7.32. The number of aromatic nitrogens is 1. The zero-order valence-corrected chi connectivity index (χ0v) is 14.8. The van der Waals surface area contributed by atoms with Crippen molar-refractivity contribution in [3.63, 3.8) is 0 Å². The molecule has 0 spiro atoms. The fourth-order valence-electron chi connectivity index (χ4n) is 2.34. The Labute approximate surface area is 153 Å². The Hall–Kier alpha value is -2.58. The van der Waals surface area contributed by atoms with Gasteiger partial charge in [0.05, 0.1) is 12.0 Å². The summed E-state index contributed by atoms with van der Waals surface area (Å²) in [6.07, 6.45) is 5.47.